The fourth-order valence-corrected chi connectivity index (χ4v) is 4.20. The van der Waals surface area contributed by atoms with Crippen LogP contribution in [0.4, 0.5) is 28.0 Å². The third-order valence-electron chi connectivity index (χ3n) is 5.12. The normalized spacial score (nSPS) is 14.8. The Morgan fingerprint density at radius 2 is 1.73 bits per heavy atom. The summed E-state index contributed by atoms with van der Waals surface area (Å²) in [4.78, 5) is 38.1. The number of carbonyl (C=O) groups excluding carboxylic acids is 3. The number of nitrogens with one attached hydrogen (secondary N) is 1. The van der Waals surface area contributed by atoms with Gasteiger partial charge in [0, 0.05) is 5.69 Å². The number of hydrogen-bond acceptors (Lipinski definition) is 5. The lowest BCUT2D eigenvalue weighted by atomic mass is 10.2. The maximum absolute atomic E-state index is 13.3. The number of nitrogens with zero attached hydrogens (tertiary/aromatic N) is 1. The molecular formula is C26H18F4N2O4S. The topological polar surface area (TPSA) is 75.7 Å². The number of anilines is 1. The standard InChI is InChI=1S/C26H18F4N2O4S/c27-19-5-1-3-17(11-19)15-36-21-9-7-16(8-10-21)12-22-24(34)32(25(35)37-22)14-23(33)31-20-6-2-4-18(13-20)26(28,29)30/h1-13H,14-15H2,(H,31,33)/b22-12-. The Kier molecular flexibility index (Phi) is 7.63. The summed E-state index contributed by atoms with van der Waals surface area (Å²) in [5.41, 5.74) is 0.207. The van der Waals surface area contributed by atoms with Gasteiger partial charge in [-0.3, -0.25) is 19.3 Å². The van der Waals surface area contributed by atoms with E-state index in [2.05, 4.69) is 5.32 Å². The first kappa shape index (κ1) is 26.0. The predicted octanol–water partition coefficient (Wildman–Crippen LogP) is 6.10. The molecule has 3 amide bonds. The van der Waals surface area contributed by atoms with Crippen molar-refractivity contribution in [2.75, 3.05) is 11.9 Å². The number of rotatable bonds is 7. The van der Waals surface area contributed by atoms with Gasteiger partial charge in [0.05, 0.1) is 10.5 Å². The molecule has 4 rings (SSSR count). The molecular weight excluding hydrogens is 512 g/mol. The Bertz CT molecular complexity index is 1370. The highest BCUT2D eigenvalue weighted by molar-refractivity contribution is 8.18. The fraction of sp³-hybridized carbons (Fsp3) is 0.115. The number of ether oxygens (including phenoxy) is 1. The number of benzene rings is 3. The van der Waals surface area contributed by atoms with Crippen LogP contribution < -0.4 is 10.1 Å². The van der Waals surface area contributed by atoms with Gasteiger partial charge < -0.3 is 10.1 Å². The van der Waals surface area contributed by atoms with Crippen LogP contribution >= 0.6 is 11.8 Å². The average Bonchev–Trinajstić information content (AvgIpc) is 3.10. The minimum atomic E-state index is -4.58. The summed E-state index contributed by atoms with van der Waals surface area (Å²) < 4.78 is 57.5. The zero-order valence-electron chi connectivity index (χ0n) is 18.9. The van der Waals surface area contributed by atoms with E-state index in [1.165, 1.54) is 24.3 Å². The van der Waals surface area contributed by atoms with Crippen molar-refractivity contribution in [3.63, 3.8) is 0 Å². The summed E-state index contributed by atoms with van der Waals surface area (Å²) >= 11 is 0.647. The molecule has 1 fully saturated rings. The zero-order valence-corrected chi connectivity index (χ0v) is 19.7. The largest absolute Gasteiger partial charge is 0.489 e. The van der Waals surface area contributed by atoms with Crippen LogP contribution in [-0.2, 0) is 22.4 Å². The molecule has 1 N–H and O–H groups in total. The van der Waals surface area contributed by atoms with Gasteiger partial charge in [-0.2, -0.15) is 13.2 Å². The van der Waals surface area contributed by atoms with Crippen molar-refractivity contribution in [1.82, 2.24) is 4.90 Å². The SMILES string of the molecule is O=C(CN1C(=O)S/C(=C\c2ccc(OCc3cccc(F)c3)cc2)C1=O)Nc1cccc(C(F)(F)F)c1. The maximum atomic E-state index is 13.3. The van der Waals surface area contributed by atoms with Crippen LogP contribution in [0.15, 0.2) is 77.7 Å². The molecule has 1 aliphatic rings. The molecule has 0 unspecified atom stereocenters. The number of hydrogen-bond donors (Lipinski definition) is 1. The highest BCUT2D eigenvalue weighted by atomic mass is 32.2. The predicted molar refractivity (Wildman–Crippen MR) is 130 cm³/mol. The van der Waals surface area contributed by atoms with Gasteiger partial charge in [0.1, 0.15) is 24.7 Å². The monoisotopic (exact) mass is 530 g/mol. The van der Waals surface area contributed by atoms with E-state index in [0.29, 0.717) is 28.6 Å². The molecule has 3 aromatic carbocycles. The van der Waals surface area contributed by atoms with E-state index in [1.54, 1.807) is 36.4 Å². The third-order valence-corrected chi connectivity index (χ3v) is 6.03. The minimum Gasteiger partial charge on any atom is -0.489 e. The molecule has 0 aromatic heterocycles. The number of imide groups is 1. The second-order valence-electron chi connectivity index (χ2n) is 7.88. The molecule has 6 nitrogen and oxygen atoms in total. The van der Waals surface area contributed by atoms with Gasteiger partial charge in [-0.05, 0) is 71.4 Å². The Morgan fingerprint density at radius 3 is 2.43 bits per heavy atom. The summed E-state index contributed by atoms with van der Waals surface area (Å²) in [5.74, 6) is -1.36. The van der Waals surface area contributed by atoms with E-state index in [4.69, 9.17) is 4.74 Å². The molecule has 190 valence electrons. The van der Waals surface area contributed by atoms with Crippen molar-refractivity contribution in [3.05, 3.63) is 100 Å². The minimum absolute atomic E-state index is 0.0882. The van der Waals surface area contributed by atoms with Crippen LogP contribution in [0, 0.1) is 5.82 Å². The Morgan fingerprint density at radius 1 is 1.00 bits per heavy atom. The van der Waals surface area contributed by atoms with Gasteiger partial charge >= 0.3 is 6.18 Å². The van der Waals surface area contributed by atoms with E-state index in [9.17, 15) is 31.9 Å². The second-order valence-corrected chi connectivity index (χ2v) is 8.88. The molecule has 0 saturated carbocycles. The first-order valence-electron chi connectivity index (χ1n) is 10.8. The molecule has 0 aliphatic carbocycles. The molecule has 0 spiro atoms. The van der Waals surface area contributed by atoms with E-state index in [-0.39, 0.29) is 23.0 Å². The lowest BCUT2D eigenvalue weighted by Crippen LogP contribution is -2.36. The maximum Gasteiger partial charge on any atom is 0.416 e. The molecule has 11 heteroatoms. The lowest BCUT2D eigenvalue weighted by molar-refractivity contribution is -0.137. The van der Waals surface area contributed by atoms with E-state index >= 15 is 0 Å². The molecule has 0 bridgehead atoms. The first-order chi connectivity index (χ1) is 17.6. The van der Waals surface area contributed by atoms with Crippen LogP contribution in [0.3, 0.4) is 0 Å². The number of amides is 3. The quantitative estimate of drug-likeness (QED) is 0.295. The zero-order chi connectivity index (χ0) is 26.6. The van der Waals surface area contributed by atoms with Crippen molar-refractivity contribution in [3.8, 4) is 5.75 Å². The lowest BCUT2D eigenvalue weighted by Gasteiger charge is -2.13. The first-order valence-corrected chi connectivity index (χ1v) is 11.6. The summed E-state index contributed by atoms with van der Waals surface area (Å²) in [6.07, 6.45) is -3.10. The van der Waals surface area contributed by atoms with Crippen LogP contribution in [-0.4, -0.2) is 28.5 Å². The summed E-state index contributed by atoms with van der Waals surface area (Å²) in [6.45, 7) is -0.482. The number of carbonyl (C=O) groups is 3. The van der Waals surface area contributed by atoms with Crippen molar-refractivity contribution in [2.45, 2.75) is 12.8 Å². The van der Waals surface area contributed by atoms with Gasteiger partial charge in [-0.1, -0.05) is 30.3 Å². The van der Waals surface area contributed by atoms with Gasteiger partial charge in [-0.25, -0.2) is 4.39 Å². The molecule has 1 saturated heterocycles. The summed E-state index contributed by atoms with van der Waals surface area (Å²) in [6, 6.07) is 16.7. The fourth-order valence-electron chi connectivity index (χ4n) is 3.36. The molecule has 3 aromatic rings. The molecule has 1 aliphatic heterocycles. The summed E-state index contributed by atoms with van der Waals surface area (Å²) in [7, 11) is 0. The molecule has 1 heterocycles. The van der Waals surface area contributed by atoms with E-state index < -0.39 is 35.3 Å². The Hall–Kier alpha value is -4.12. The van der Waals surface area contributed by atoms with Crippen molar-refractivity contribution < 1.29 is 36.7 Å². The number of halogens is 4. The highest BCUT2D eigenvalue weighted by Gasteiger charge is 2.36. The van der Waals surface area contributed by atoms with Crippen molar-refractivity contribution in [1.29, 1.82) is 0 Å². The van der Waals surface area contributed by atoms with Crippen molar-refractivity contribution >= 4 is 40.6 Å². The van der Waals surface area contributed by atoms with Crippen LogP contribution in [0.1, 0.15) is 16.7 Å². The average molecular weight is 530 g/mol. The molecule has 0 radical (unpaired) electrons. The molecule has 37 heavy (non-hydrogen) atoms. The molecule has 0 atom stereocenters. The smallest absolute Gasteiger partial charge is 0.416 e. The van der Waals surface area contributed by atoms with Gasteiger partial charge in [0.15, 0.2) is 0 Å². The summed E-state index contributed by atoms with van der Waals surface area (Å²) in [5, 5.41) is 1.60. The Balaban J connectivity index is 1.36. The van der Waals surface area contributed by atoms with Gasteiger partial charge in [0.2, 0.25) is 5.91 Å². The third kappa shape index (κ3) is 6.76. The van der Waals surface area contributed by atoms with Gasteiger partial charge in [-0.15, -0.1) is 0 Å². The van der Waals surface area contributed by atoms with Gasteiger partial charge in [0.25, 0.3) is 11.1 Å². The highest BCUT2D eigenvalue weighted by Crippen LogP contribution is 2.33. The van der Waals surface area contributed by atoms with Crippen molar-refractivity contribution in [2.24, 2.45) is 0 Å². The van der Waals surface area contributed by atoms with E-state index in [1.807, 2.05) is 0 Å². The van der Waals surface area contributed by atoms with E-state index in [0.717, 1.165) is 23.1 Å². The van der Waals surface area contributed by atoms with Crippen LogP contribution in [0.2, 0.25) is 0 Å². The number of alkyl halides is 3. The van der Waals surface area contributed by atoms with Crippen LogP contribution in [0.5, 0.6) is 5.75 Å². The van der Waals surface area contributed by atoms with Crippen LogP contribution in [0.25, 0.3) is 6.08 Å². The number of thioether (sulfide) groups is 1. The second kappa shape index (κ2) is 10.9. The Labute approximate surface area is 212 Å².